The van der Waals surface area contributed by atoms with Gasteiger partial charge in [0.15, 0.2) is 5.13 Å². The first-order valence-corrected chi connectivity index (χ1v) is 11.0. The van der Waals surface area contributed by atoms with Crippen molar-refractivity contribution >= 4 is 39.6 Å². The zero-order valence-corrected chi connectivity index (χ0v) is 18.3. The fourth-order valence-corrected chi connectivity index (χ4v) is 4.23. The minimum absolute atomic E-state index is 0.128. The molecule has 0 radical (unpaired) electrons. The number of non-ortho nitro benzene ring substituents is 1. The van der Waals surface area contributed by atoms with E-state index in [9.17, 15) is 24.8 Å². The molecule has 168 valence electrons. The second-order valence-electron chi connectivity index (χ2n) is 7.21. The number of carbonyl (C=O) groups is 2. The lowest BCUT2D eigenvalue weighted by Crippen LogP contribution is -2.29. The highest BCUT2D eigenvalue weighted by molar-refractivity contribution is 7.14. The van der Waals surface area contributed by atoms with Gasteiger partial charge >= 0.3 is 5.91 Å². The summed E-state index contributed by atoms with van der Waals surface area (Å²) in [4.78, 5) is 41.9. The molecule has 33 heavy (non-hydrogen) atoms. The number of aromatic nitrogens is 1. The van der Waals surface area contributed by atoms with Crippen molar-refractivity contribution in [1.82, 2.24) is 4.98 Å². The average Bonchev–Trinajstić information content (AvgIpc) is 3.44. The Kier molecular flexibility index (Phi) is 6.18. The van der Waals surface area contributed by atoms with Crippen LogP contribution in [0.1, 0.15) is 30.5 Å². The van der Waals surface area contributed by atoms with Crippen LogP contribution in [-0.4, -0.2) is 33.3 Å². The Balaban J connectivity index is 1.86. The first-order valence-electron chi connectivity index (χ1n) is 10.1. The van der Waals surface area contributed by atoms with E-state index in [-0.39, 0.29) is 22.2 Å². The second kappa shape index (κ2) is 9.21. The van der Waals surface area contributed by atoms with Gasteiger partial charge in [-0.3, -0.25) is 24.6 Å². The summed E-state index contributed by atoms with van der Waals surface area (Å²) >= 11 is 1.16. The fraction of sp³-hybridized carbons (Fsp3) is 0.174. The fourth-order valence-electron chi connectivity index (χ4n) is 3.57. The second-order valence-corrected chi connectivity index (χ2v) is 8.08. The lowest BCUT2D eigenvalue weighted by molar-refractivity contribution is -0.384. The summed E-state index contributed by atoms with van der Waals surface area (Å²) in [6.45, 7) is 2.45. The van der Waals surface area contributed by atoms with Crippen molar-refractivity contribution in [2.75, 3.05) is 11.5 Å². The largest absolute Gasteiger partial charge is 0.507 e. The van der Waals surface area contributed by atoms with Crippen LogP contribution < -0.4 is 9.64 Å². The minimum Gasteiger partial charge on any atom is -0.507 e. The Hall–Kier alpha value is -4.05. The van der Waals surface area contributed by atoms with E-state index in [1.54, 1.807) is 29.6 Å². The molecule has 0 saturated carbocycles. The highest BCUT2D eigenvalue weighted by atomic mass is 32.1. The van der Waals surface area contributed by atoms with Crippen LogP contribution in [0, 0.1) is 10.1 Å². The molecule has 1 fully saturated rings. The third-order valence-electron chi connectivity index (χ3n) is 5.07. The number of Topliss-reactive ketones (excluding diaryl/α,β-unsaturated/α-hetero) is 1. The highest BCUT2D eigenvalue weighted by Crippen LogP contribution is 2.43. The molecule has 1 aliphatic heterocycles. The van der Waals surface area contributed by atoms with Crippen molar-refractivity contribution in [3.63, 3.8) is 0 Å². The SMILES string of the molecule is CCCOc1cccc(/C(O)=C2\C(=O)C(=O)N(c3nccs3)C2c2ccc([N+](=O)[O-])cc2)c1. The van der Waals surface area contributed by atoms with Crippen LogP contribution in [0.3, 0.4) is 0 Å². The van der Waals surface area contributed by atoms with Crippen LogP contribution in [0.15, 0.2) is 65.7 Å². The molecule has 1 aliphatic rings. The molecule has 1 unspecified atom stereocenters. The number of ether oxygens (including phenoxy) is 1. The molecule has 1 N–H and O–H groups in total. The number of ketones is 1. The van der Waals surface area contributed by atoms with Crippen LogP contribution in [0.4, 0.5) is 10.8 Å². The molecular weight excluding hydrogens is 446 g/mol. The first-order chi connectivity index (χ1) is 15.9. The van der Waals surface area contributed by atoms with Gasteiger partial charge in [-0.15, -0.1) is 11.3 Å². The van der Waals surface area contributed by atoms with E-state index in [0.717, 1.165) is 17.8 Å². The molecule has 1 atom stereocenters. The summed E-state index contributed by atoms with van der Waals surface area (Å²) in [7, 11) is 0. The van der Waals surface area contributed by atoms with Gasteiger partial charge in [0.05, 0.1) is 23.1 Å². The van der Waals surface area contributed by atoms with E-state index in [0.29, 0.717) is 23.5 Å². The van der Waals surface area contributed by atoms with E-state index in [4.69, 9.17) is 4.74 Å². The summed E-state index contributed by atoms with van der Waals surface area (Å²) in [5.41, 5.74) is 0.477. The third kappa shape index (κ3) is 4.20. The molecule has 3 aromatic rings. The first kappa shape index (κ1) is 22.2. The van der Waals surface area contributed by atoms with E-state index in [2.05, 4.69) is 4.98 Å². The lowest BCUT2D eigenvalue weighted by Gasteiger charge is -2.22. The number of hydrogen-bond acceptors (Lipinski definition) is 8. The number of nitro benzene ring substituents is 1. The Morgan fingerprint density at radius 2 is 2.00 bits per heavy atom. The van der Waals surface area contributed by atoms with E-state index in [1.165, 1.54) is 35.4 Å². The maximum Gasteiger partial charge on any atom is 0.301 e. The molecular formula is C23H19N3O6S. The topological polar surface area (TPSA) is 123 Å². The predicted octanol–water partition coefficient (Wildman–Crippen LogP) is 4.47. The van der Waals surface area contributed by atoms with E-state index in [1.807, 2.05) is 6.92 Å². The van der Waals surface area contributed by atoms with Crippen molar-refractivity contribution in [1.29, 1.82) is 0 Å². The number of amides is 1. The number of thiazole rings is 1. The number of aliphatic hydroxyl groups is 1. The number of carbonyl (C=O) groups excluding carboxylic acids is 2. The van der Waals surface area contributed by atoms with Crippen LogP contribution in [0.2, 0.25) is 0 Å². The van der Waals surface area contributed by atoms with Gasteiger partial charge in [0.2, 0.25) is 0 Å². The summed E-state index contributed by atoms with van der Waals surface area (Å²) < 4.78 is 5.62. The Labute approximate surface area is 192 Å². The van der Waals surface area contributed by atoms with Crippen LogP contribution >= 0.6 is 11.3 Å². The van der Waals surface area contributed by atoms with Crippen molar-refractivity contribution < 1.29 is 24.4 Å². The zero-order valence-electron chi connectivity index (χ0n) is 17.5. The Bertz CT molecular complexity index is 1240. The van der Waals surface area contributed by atoms with Crippen LogP contribution in [0.25, 0.3) is 5.76 Å². The zero-order chi connectivity index (χ0) is 23.5. The van der Waals surface area contributed by atoms with Crippen molar-refractivity contribution in [3.05, 3.63) is 86.9 Å². The normalized spacial score (nSPS) is 17.4. The van der Waals surface area contributed by atoms with E-state index < -0.39 is 22.7 Å². The average molecular weight is 465 g/mol. The molecule has 1 saturated heterocycles. The van der Waals surface area contributed by atoms with Gasteiger partial charge < -0.3 is 9.84 Å². The van der Waals surface area contributed by atoms with Gasteiger partial charge in [0.1, 0.15) is 11.5 Å². The molecule has 0 aliphatic carbocycles. The molecule has 4 rings (SSSR count). The maximum absolute atomic E-state index is 13.1. The summed E-state index contributed by atoms with van der Waals surface area (Å²) in [6.07, 6.45) is 2.30. The van der Waals surface area contributed by atoms with Gasteiger partial charge in [0, 0.05) is 29.3 Å². The van der Waals surface area contributed by atoms with Gasteiger partial charge in [-0.1, -0.05) is 19.1 Å². The minimum atomic E-state index is -1.00. The number of anilines is 1. The number of rotatable bonds is 7. The Morgan fingerprint density at radius 3 is 2.64 bits per heavy atom. The van der Waals surface area contributed by atoms with Crippen molar-refractivity contribution in [3.8, 4) is 5.75 Å². The van der Waals surface area contributed by atoms with E-state index >= 15 is 0 Å². The predicted molar refractivity (Wildman–Crippen MR) is 122 cm³/mol. The number of nitrogens with zero attached hydrogens (tertiary/aromatic N) is 3. The van der Waals surface area contributed by atoms with Gasteiger partial charge in [-0.2, -0.15) is 0 Å². The van der Waals surface area contributed by atoms with Gasteiger partial charge in [-0.25, -0.2) is 4.98 Å². The standard InChI is InChI=1S/C23H19N3O6S/c1-2-11-32-17-5-3-4-15(13-17)20(27)18-19(14-6-8-16(9-7-14)26(30)31)25(22(29)21(18)28)23-24-10-12-33-23/h3-10,12-13,19,27H,2,11H2,1H3/b20-18+. The molecule has 1 amide bonds. The quantitative estimate of drug-likeness (QED) is 0.180. The van der Waals surface area contributed by atoms with Crippen LogP contribution in [-0.2, 0) is 9.59 Å². The smallest absolute Gasteiger partial charge is 0.301 e. The van der Waals surface area contributed by atoms with Crippen molar-refractivity contribution in [2.45, 2.75) is 19.4 Å². The molecule has 10 heteroatoms. The lowest BCUT2D eigenvalue weighted by atomic mass is 9.95. The number of benzene rings is 2. The molecule has 9 nitrogen and oxygen atoms in total. The summed E-state index contributed by atoms with van der Waals surface area (Å²) in [5, 5.41) is 24.2. The Morgan fingerprint density at radius 1 is 1.24 bits per heavy atom. The molecule has 2 aromatic carbocycles. The molecule has 0 spiro atoms. The number of hydrogen-bond donors (Lipinski definition) is 1. The van der Waals surface area contributed by atoms with Gasteiger partial charge in [0.25, 0.3) is 11.5 Å². The summed E-state index contributed by atoms with van der Waals surface area (Å²) in [6, 6.07) is 11.1. The van der Waals surface area contributed by atoms with Crippen molar-refractivity contribution in [2.24, 2.45) is 0 Å². The number of aliphatic hydroxyl groups excluding tert-OH is 1. The number of nitro groups is 1. The monoisotopic (exact) mass is 465 g/mol. The molecule has 0 bridgehead atoms. The maximum atomic E-state index is 13.1. The summed E-state index contributed by atoms with van der Waals surface area (Å²) in [5.74, 6) is -1.56. The third-order valence-corrected chi connectivity index (χ3v) is 5.84. The molecule has 1 aromatic heterocycles. The highest BCUT2D eigenvalue weighted by Gasteiger charge is 2.48. The van der Waals surface area contributed by atoms with Gasteiger partial charge in [-0.05, 0) is 36.2 Å². The van der Waals surface area contributed by atoms with Crippen LogP contribution in [0.5, 0.6) is 5.75 Å². The molecule has 2 heterocycles.